The van der Waals surface area contributed by atoms with E-state index < -0.39 is 0 Å². The molecular weight excluding hydrogens is 228 g/mol. The normalized spacial score (nSPS) is 16.7. The second kappa shape index (κ2) is 4.38. The molecule has 0 fully saturated rings. The molecule has 2 aromatic rings. The van der Waals surface area contributed by atoms with Crippen molar-refractivity contribution >= 4 is 6.08 Å². The standard InChI is InChI=1S/C19H20/c1-12-6-5-7-17(15(12)4)18-9-8-16-10-13(2)14(3)11-19(16)18/h5-11,18H,1-4H3. The Labute approximate surface area is 115 Å². The molecule has 0 aromatic heterocycles. The summed E-state index contributed by atoms with van der Waals surface area (Å²) in [4.78, 5) is 0. The van der Waals surface area contributed by atoms with Crippen molar-refractivity contribution < 1.29 is 0 Å². The highest BCUT2D eigenvalue weighted by atomic mass is 14.2. The van der Waals surface area contributed by atoms with Crippen molar-refractivity contribution in [3.63, 3.8) is 0 Å². The molecule has 19 heavy (non-hydrogen) atoms. The first-order chi connectivity index (χ1) is 9.08. The van der Waals surface area contributed by atoms with Crippen LogP contribution in [-0.4, -0.2) is 0 Å². The molecule has 96 valence electrons. The predicted molar refractivity (Wildman–Crippen MR) is 82.7 cm³/mol. The molecule has 0 spiro atoms. The van der Waals surface area contributed by atoms with Gasteiger partial charge in [0.05, 0.1) is 0 Å². The van der Waals surface area contributed by atoms with Crippen molar-refractivity contribution in [2.24, 2.45) is 0 Å². The molecule has 0 heteroatoms. The summed E-state index contributed by atoms with van der Waals surface area (Å²) in [5.74, 6) is 0.425. The molecule has 0 aliphatic heterocycles. The summed E-state index contributed by atoms with van der Waals surface area (Å²) in [6, 6.07) is 11.3. The molecule has 0 heterocycles. The van der Waals surface area contributed by atoms with Crippen LogP contribution in [0, 0.1) is 27.7 Å². The lowest BCUT2D eigenvalue weighted by Crippen LogP contribution is -2.01. The van der Waals surface area contributed by atoms with E-state index in [1.165, 1.54) is 38.9 Å². The Balaban J connectivity index is 2.15. The minimum absolute atomic E-state index is 0.425. The van der Waals surface area contributed by atoms with E-state index in [9.17, 15) is 0 Å². The third kappa shape index (κ3) is 1.92. The minimum Gasteiger partial charge on any atom is -0.0720 e. The van der Waals surface area contributed by atoms with Crippen LogP contribution in [0.15, 0.2) is 36.4 Å². The molecule has 0 nitrogen and oxygen atoms in total. The molecule has 1 aliphatic rings. The first-order valence-electron chi connectivity index (χ1n) is 6.93. The number of rotatable bonds is 1. The summed E-state index contributed by atoms with van der Waals surface area (Å²) in [5, 5.41) is 0. The molecular formula is C19H20. The van der Waals surface area contributed by atoms with Crippen LogP contribution in [0.4, 0.5) is 0 Å². The van der Waals surface area contributed by atoms with Crippen molar-refractivity contribution in [3.05, 3.63) is 75.4 Å². The first-order valence-corrected chi connectivity index (χ1v) is 6.93. The van der Waals surface area contributed by atoms with E-state index in [-0.39, 0.29) is 0 Å². The number of fused-ring (bicyclic) bond motifs is 1. The van der Waals surface area contributed by atoms with Gasteiger partial charge < -0.3 is 0 Å². The molecule has 1 atom stereocenters. The Morgan fingerprint density at radius 3 is 2.32 bits per heavy atom. The van der Waals surface area contributed by atoms with Crippen LogP contribution >= 0.6 is 0 Å². The molecule has 2 aromatic carbocycles. The average Bonchev–Trinajstić information content (AvgIpc) is 2.76. The highest BCUT2D eigenvalue weighted by Crippen LogP contribution is 2.38. The summed E-state index contributed by atoms with van der Waals surface area (Å²) in [7, 11) is 0. The van der Waals surface area contributed by atoms with Gasteiger partial charge in [-0.05, 0) is 66.6 Å². The minimum atomic E-state index is 0.425. The molecule has 0 radical (unpaired) electrons. The fourth-order valence-electron chi connectivity index (χ4n) is 2.96. The van der Waals surface area contributed by atoms with Crippen LogP contribution in [0.2, 0.25) is 0 Å². The predicted octanol–water partition coefficient (Wildman–Crippen LogP) is 5.08. The van der Waals surface area contributed by atoms with Crippen molar-refractivity contribution in [2.45, 2.75) is 33.6 Å². The van der Waals surface area contributed by atoms with Gasteiger partial charge in [-0.2, -0.15) is 0 Å². The summed E-state index contributed by atoms with van der Waals surface area (Å²) in [6.45, 7) is 8.82. The maximum atomic E-state index is 2.36. The van der Waals surface area contributed by atoms with Crippen LogP contribution in [0.3, 0.4) is 0 Å². The van der Waals surface area contributed by atoms with E-state index in [1.807, 2.05) is 0 Å². The lowest BCUT2D eigenvalue weighted by molar-refractivity contribution is 1.01. The molecule has 1 unspecified atom stereocenters. The van der Waals surface area contributed by atoms with E-state index in [0.717, 1.165) is 0 Å². The van der Waals surface area contributed by atoms with Gasteiger partial charge in [0.1, 0.15) is 0 Å². The maximum absolute atomic E-state index is 2.36. The van der Waals surface area contributed by atoms with Gasteiger partial charge >= 0.3 is 0 Å². The van der Waals surface area contributed by atoms with Crippen LogP contribution in [0.5, 0.6) is 0 Å². The number of allylic oxidation sites excluding steroid dienone is 1. The monoisotopic (exact) mass is 248 g/mol. The Morgan fingerprint density at radius 2 is 1.53 bits per heavy atom. The largest absolute Gasteiger partial charge is 0.0720 e. The number of benzene rings is 2. The van der Waals surface area contributed by atoms with Gasteiger partial charge in [0.15, 0.2) is 0 Å². The van der Waals surface area contributed by atoms with E-state index >= 15 is 0 Å². The highest BCUT2D eigenvalue weighted by Gasteiger charge is 2.21. The molecule has 0 amide bonds. The Kier molecular flexibility index (Phi) is 2.82. The van der Waals surface area contributed by atoms with Gasteiger partial charge in [-0.3, -0.25) is 0 Å². The molecule has 0 bridgehead atoms. The lowest BCUT2D eigenvalue weighted by atomic mass is 9.87. The summed E-state index contributed by atoms with van der Waals surface area (Å²) >= 11 is 0. The van der Waals surface area contributed by atoms with Gasteiger partial charge in [0, 0.05) is 5.92 Å². The third-order valence-corrected chi connectivity index (χ3v) is 4.48. The van der Waals surface area contributed by atoms with Gasteiger partial charge in [-0.1, -0.05) is 42.5 Å². The SMILES string of the molecule is Cc1cc2c(cc1C)C(c1cccc(C)c1C)C=C2. The van der Waals surface area contributed by atoms with Gasteiger partial charge in [0.25, 0.3) is 0 Å². The number of hydrogen-bond donors (Lipinski definition) is 0. The zero-order valence-corrected chi connectivity index (χ0v) is 12.1. The zero-order valence-electron chi connectivity index (χ0n) is 12.1. The van der Waals surface area contributed by atoms with Crippen molar-refractivity contribution in [2.75, 3.05) is 0 Å². The summed E-state index contributed by atoms with van der Waals surface area (Å²) in [5.41, 5.74) is 9.85. The van der Waals surface area contributed by atoms with Gasteiger partial charge in [0.2, 0.25) is 0 Å². The first kappa shape index (κ1) is 12.2. The third-order valence-electron chi connectivity index (χ3n) is 4.48. The molecule has 0 saturated heterocycles. The number of aryl methyl sites for hydroxylation is 3. The highest BCUT2D eigenvalue weighted by molar-refractivity contribution is 5.67. The Bertz CT molecular complexity index is 675. The maximum Gasteiger partial charge on any atom is 0.0281 e. The summed E-state index contributed by atoms with van der Waals surface area (Å²) < 4.78 is 0. The van der Waals surface area contributed by atoms with Gasteiger partial charge in [-0.25, -0.2) is 0 Å². The van der Waals surface area contributed by atoms with Crippen molar-refractivity contribution in [1.29, 1.82) is 0 Å². The molecule has 3 rings (SSSR count). The second-order valence-corrected chi connectivity index (χ2v) is 5.69. The zero-order chi connectivity index (χ0) is 13.6. The quantitative estimate of drug-likeness (QED) is 0.660. The van der Waals surface area contributed by atoms with Gasteiger partial charge in [-0.15, -0.1) is 0 Å². The topological polar surface area (TPSA) is 0 Å². The van der Waals surface area contributed by atoms with E-state index in [1.54, 1.807) is 0 Å². The fraction of sp³-hybridized carbons (Fsp3) is 0.263. The second-order valence-electron chi connectivity index (χ2n) is 5.69. The van der Waals surface area contributed by atoms with Crippen molar-refractivity contribution in [3.8, 4) is 0 Å². The van der Waals surface area contributed by atoms with Crippen LogP contribution < -0.4 is 0 Å². The average molecular weight is 248 g/mol. The Hall–Kier alpha value is -1.82. The van der Waals surface area contributed by atoms with Crippen LogP contribution in [-0.2, 0) is 0 Å². The van der Waals surface area contributed by atoms with Crippen LogP contribution in [0.1, 0.15) is 44.9 Å². The Morgan fingerprint density at radius 1 is 0.789 bits per heavy atom. The van der Waals surface area contributed by atoms with Crippen molar-refractivity contribution in [1.82, 2.24) is 0 Å². The molecule has 0 saturated carbocycles. The molecule has 0 N–H and O–H groups in total. The summed E-state index contributed by atoms with van der Waals surface area (Å²) in [6.07, 6.45) is 4.61. The number of hydrogen-bond acceptors (Lipinski definition) is 0. The molecule has 1 aliphatic carbocycles. The van der Waals surface area contributed by atoms with E-state index in [0.29, 0.717) is 5.92 Å². The van der Waals surface area contributed by atoms with E-state index in [4.69, 9.17) is 0 Å². The van der Waals surface area contributed by atoms with E-state index in [2.05, 4.69) is 70.2 Å². The van der Waals surface area contributed by atoms with Crippen LogP contribution in [0.25, 0.3) is 6.08 Å². The lowest BCUT2D eigenvalue weighted by Gasteiger charge is -2.17. The fourth-order valence-corrected chi connectivity index (χ4v) is 2.96. The smallest absolute Gasteiger partial charge is 0.0281 e.